The van der Waals surface area contributed by atoms with Crippen molar-refractivity contribution in [2.75, 3.05) is 6.61 Å². The number of aliphatic hydroxyl groups is 1. The Hall–Kier alpha value is -1.95. The fourth-order valence-corrected chi connectivity index (χ4v) is 2.41. The molecule has 2 rings (SSSR count). The molecule has 1 aliphatic rings. The minimum absolute atomic E-state index is 0.0921. The summed E-state index contributed by atoms with van der Waals surface area (Å²) < 4.78 is 4.89. The molecule has 0 amide bonds. The van der Waals surface area contributed by atoms with E-state index < -0.39 is 16.5 Å². The number of nitro benzene ring substituents is 1. The van der Waals surface area contributed by atoms with Gasteiger partial charge in [-0.15, -0.1) is 0 Å². The van der Waals surface area contributed by atoms with E-state index >= 15 is 0 Å². The maximum atomic E-state index is 11.7. The smallest absolute Gasteiger partial charge is 0.338 e. The van der Waals surface area contributed by atoms with Crippen molar-refractivity contribution in [3.63, 3.8) is 0 Å². The molecule has 0 aromatic heterocycles. The molecule has 1 heterocycles. The van der Waals surface area contributed by atoms with Crippen LogP contribution in [0, 0.1) is 16.0 Å². The summed E-state index contributed by atoms with van der Waals surface area (Å²) in [6.45, 7) is 2.00. The lowest BCUT2D eigenvalue weighted by Gasteiger charge is -2.24. The number of nitro groups is 1. The first-order chi connectivity index (χ1) is 8.99. The van der Waals surface area contributed by atoms with Crippen molar-refractivity contribution in [2.24, 2.45) is 5.92 Å². The van der Waals surface area contributed by atoms with Crippen LogP contribution in [0.1, 0.15) is 18.9 Å². The van der Waals surface area contributed by atoms with Crippen LogP contribution in [0.25, 0.3) is 0 Å². The first-order valence-electron chi connectivity index (χ1n) is 6.11. The van der Waals surface area contributed by atoms with Gasteiger partial charge in [0, 0.05) is 24.0 Å². The number of carbonyl (C=O) groups is 1. The summed E-state index contributed by atoms with van der Waals surface area (Å²) >= 11 is 0. The number of hydrogen-bond donors (Lipinski definition) is 1. The molecule has 1 saturated heterocycles. The molecule has 1 fully saturated rings. The van der Waals surface area contributed by atoms with Gasteiger partial charge in [0.1, 0.15) is 0 Å². The van der Waals surface area contributed by atoms with E-state index in [1.807, 2.05) is 6.92 Å². The average Bonchev–Trinajstić information content (AvgIpc) is 2.65. The van der Waals surface area contributed by atoms with Crippen LogP contribution < -0.4 is 0 Å². The Morgan fingerprint density at radius 1 is 1.53 bits per heavy atom. The summed E-state index contributed by atoms with van der Waals surface area (Å²) in [5.41, 5.74) is -1.42. The lowest BCUT2D eigenvalue weighted by atomic mass is 9.82. The summed E-state index contributed by atoms with van der Waals surface area (Å²) in [6.07, 6.45) is 0.477. The number of carbonyl (C=O) groups excluding carboxylic acids is 1. The third-order valence-corrected chi connectivity index (χ3v) is 3.59. The molecular formula is C13H15NO5. The summed E-state index contributed by atoms with van der Waals surface area (Å²) in [5.74, 6) is -1.03. The van der Waals surface area contributed by atoms with Gasteiger partial charge in [-0.3, -0.25) is 10.1 Å². The first-order valence-corrected chi connectivity index (χ1v) is 6.11. The highest BCUT2D eigenvalue weighted by Gasteiger charge is 2.50. The quantitative estimate of drug-likeness (QED) is 0.505. The Morgan fingerprint density at radius 2 is 2.21 bits per heavy atom. The van der Waals surface area contributed by atoms with Crippen LogP contribution in [0.5, 0.6) is 0 Å². The zero-order chi connectivity index (χ0) is 14.0. The molecule has 0 unspecified atom stereocenters. The number of para-hydroxylation sites is 1. The molecule has 0 bridgehead atoms. The van der Waals surface area contributed by atoms with Crippen LogP contribution in [-0.2, 0) is 16.0 Å². The Kier molecular flexibility index (Phi) is 3.53. The Morgan fingerprint density at radius 3 is 2.84 bits per heavy atom. The number of benzene rings is 1. The zero-order valence-corrected chi connectivity index (χ0v) is 10.5. The van der Waals surface area contributed by atoms with Gasteiger partial charge < -0.3 is 9.84 Å². The van der Waals surface area contributed by atoms with Crippen molar-refractivity contribution in [3.8, 4) is 0 Å². The van der Waals surface area contributed by atoms with Crippen LogP contribution in [-0.4, -0.2) is 28.2 Å². The van der Waals surface area contributed by atoms with E-state index in [2.05, 4.69) is 0 Å². The Balaban J connectivity index is 2.35. The predicted octanol–water partition coefficient (Wildman–Crippen LogP) is 1.45. The molecule has 0 aliphatic carbocycles. The molecule has 1 aromatic rings. The van der Waals surface area contributed by atoms with Gasteiger partial charge in [0.15, 0.2) is 5.60 Å². The van der Waals surface area contributed by atoms with E-state index in [1.54, 1.807) is 18.2 Å². The first kappa shape index (κ1) is 13.5. The molecule has 19 heavy (non-hydrogen) atoms. The molecular weight excluding hydrogens is 250 g/mol. The zero-order valence-electron chi connectivity index (χ0n) is 10.5. The number of nitrogens with zero attached hydrogens (tertiary/aromatic N) is 1. The molecule has 2 atom stereocenters. The second-order valence-electron chi connectivity index (χ2n) is 4.69. The molecule has 1 aliphatic heterocycles. The monoisotopic (exact) mass is 265 g/mol. The standard InChI is InChI=1S/C13H15NO5/c1-2-10-8-19-12(15)13(10,16)7-9-5-3-4-6-11(9)14(17)18/h3-6,10,16H,2,7-8H2,1H3/t10-,13+/m1/s1. The second-order valence-corrected chi connectivity index (χ2v) is 4.69. The van der Waals surface area contributed by atoms with Gasteiger partial charge in [-0.25, -0.2) is 4.79 Å². The summed E-state index contributed by atoms with van der Waals surface area (Å²) in [4.78, 5) is 22.1. The summed E-state index contributed by atoms with van der Waals surface area (Å²) in [7, 11) is 0. The minimum atomic E-state index is -1.67. The van der Waals surface area contributed by atoms with Crippen molar-refractivity contribution in [1.29, 1.82) is 0 Å². The van der Waals surface area contributed by atoms with Crippen LogP contribution in [0.2, 0.25) is 0 Å². The van der Waals surface area contributed by atoms with Crippen molar-refractivity contribution in [2.45, 2.75) is 25.4 Å². The van der Waals surface area contributed by atoms with Gasteiger partial charge in [0.05, 0.1) is 11.5 Å². The molecule has 0 saturated carbocycles. The highest BCUT2D eigenvalue weighted by molar-refractivity contribution is 5.82. The van der Waals surface area contributed by atoms with E-state index in [0.717, 1.165) is 0 Å². The highest BCUT2D eigenvalue weighted by Crippen LogP contribution is 2.34. The number of esters is 1. The molecule has 102 valence electrons. The maximum Gasteiger partial charge on any atom is 0.338 e. The number of ether oxygens (including phenoxy) is 1. The van der Waals surface area contributed by atoms with E-state index in [1.165, 1.54) is 6.07 Å². The van der Waals surface area contributed by atoms with Crippen molar-refractivity contribution >= 4 is 11.7 Å². The average molecular weight is 265 g/mol. The largest absolute Gasteiger partial charge is 0.463 e. The fraction of sp³-hybridized carbons (Fsp3) is 0.462. The van der Waals surface area contributed by atoms with Crippen LogP contribution in [0.3, 0.4) is 0 Å². The maximum absolute atomic E-state index is 11.7. The lowest BCUT2D eigenvalue weighted by molar-refractivity contribution is -0.385. The number of cyclic esters (lactones) is 1. The summed E-state index contributed by atoms with van der Waals surface area (Å²) in [5, 5.41) is 21.4. The third-order valence-electron chi connectivity index (χ3n) is 3.59. The minimum Gasteiger partial charge on any atom is -0.463 e. The molecule has 0 radical (unpaired) electrons. The lowest BCUT2D eigenvalue weighted by Crippen LogP contribution is -2.43. The fourth-order valence-electron chi connectivity index (χ4n) is 2.41. The van der Waals surface area contributed by atoms with E-state index in [0.29, 0.717) is 12.0 Å². The van der Waals surface area contributed by atoms with Crippen LogP contribution in [0.4, 0.5) is 5.69 Å². The second kappa shape index (κ2) is 4.97. The molecule has 1 aromatic carbocycles. The van der Waals surface area contributed by atoms with Gasteiger partial charge >= 0.3 is 5.97 Å². The van der Waals surface area contributed by atoms with Crippen molar-refractivity contribution in [3.05, 3.63) is 39.9 Å². The Bertz CT molecular complexity index is 516. The van der Waals surface area contributed by atoms with Crippen molar-refractivity contribution in [1.82, 2.24) is 0 Å². The summed E-state index contributed by atoms with van der Waals surface area (Å²) in [6, 6.07) is 6.11. The van der Waals surface area contributed by atoms with Gasteiger partial charge in [-0.05, 0) is 6.42 Å². The SMILES string of the molecule is CC[C@@H]1COC(=O)[C@]1(O)Cc1ccccc1[N+](=O)[O-]. The number of hydrogen-bond acceptors (Lipinski definition) is 5. The molecule has 1 N–H and O–H groups in total. The van der Waals surface area contributed by atoms with Gasteiger partial charge in [-0.2, -0.15) is 0 Å². The van der Waals surface area contributed by atoms with E-state index in [4.69, 9.17) is 4.74 Å². The third kappa shape index (κ3) is 2.31. The van der Waals surface area contributed by atoms with Crippen LogP contribution in [0.15, 0.2) is 24.3 Å². The molecule has 0 spiro atoms. The normalized spacial score (nSPS) is 26.2. The predicted molar refractivity (Wildman–Crippen MR) is 66.5 cm³/mol. The van der Waals surface area contributed by atoms with Gasteiger partial charge in [0.25, 0.3) is 5.69 Å². The molecule has 6 nitrogen and oxygen atoms in total. The van der Waals surface area contributed by atoms with E-state index in [9.17, 15) is 20.0 Å². The van der Waals surface area contributed by atoms with Crippen molar-refractivity contribution < 1.29 is 19.6 Å². The van der Waals surface area contributed by atoms with E-state index in [-0.39, 0.29) is 24.6 Å². The number of rotatable bonds is 4. The Labute approximate surface area is 110 Å². The highest BCUT2D eigenvalue weighted by atomic mass is 16.6. The van der Waals surface area contributed by atoms with Crippen LogP contribution >= 0.6 is 0 Å². The van der Waals surface area contributed by atoms with Gasteiger partial charge in [0.2, 0.25) is 0 Å². The van der Waals surface area contributed by atoms with Gasteiger partial charge in [-0.1, -0.05) is 25.1 Å². The topological polar surface area (TPSA) is 89.7 Å². The molecule has 6 heteroatoms.